The summed E-state index contributed by atoms with van der Waals surface area (Å²) in [5.74, 6) is -2.64. The van der Waals surface area contributed by atoms with Gasteiger partial charge in [0.2, 0.25) is 0 Å². The first-order chi connectivity index (χ1) is 35.4. The van der Waals surface area contributed by atoms with Gasteiger partial charge in [0.05, 0.1) is 73.6 Å². The van der Waals surface area contributed by atoms with E-state index in [0.29, 0.717) is 108 Å². The number of aliphatic hydroxyl groups excluding tert-OH is 13. The van der Waals surface area contributed by atoms with Gasteiger partial charge in [-0.05, 0) is 134 Å². The van der Waals surface area contributed by atoms with Crippen molar-refractivity contribution in [3.05, 3.63) is 23.3 Å². The van der Waals surface area contributed by atoms with Crippen molar-refractivity contribution in [1.82, 2.24) is 0 Å². The molecular formula is C55H103BrN3O17-. The van der Waals surface area contributed by atoms with Crippen LogP contribution in [0.15, 0.2) is 28.3 Å². The van der Waals surface area contributed by atoms with Crippen LogP contribution in [-0.4, -0.2) is 189 Å². The van der Waals surface area contributed by atoms with E-state index in [1.807, 2.05) is 40.7 Å². The summed E-state index contributed by atoms with van der Waals surface area (Å²) in [5.41, 5.74) is 12.4. The van der Waals surface area contributed by atoms with E-state index in [1.165, 1.54) is 6.08 Å². The molecule has 20 atom stereocenters. The van der Waals surface area contributed by atoms with Crippen LogP contribution in [0.25, 0.3) is 0 Å². The zero-order valence-electron chi connectivity index (χ0n) is 46.4. The molecule has 2 aliphatic rings. The minimum absolute atomic E-state index is 0. The lowest BCUT2D eigenvalue weighted by Crippen LogP contribution is -3.00. The molecule has 448 valence electrons. The maximum absolute atomic E-state index is 14.2. The highest BCUT2D eigenvalue weighted by molar-refractivity contribution is 5.75. The lowest BCUT2D eigenvalue weighted by Gasteiger charge is -2.34. The van der Waals surface area contributed by atoms with Crippen LogP contribution in [0.3, 0.4) is 0 Å². The Morgan fingerprint density at radius 1 is 0.737 bits per heavy atom. The van der Waals surface area contributed by atoms with Crippen LogP contribution in [0.1, 0.15) is 176 Å². The summed E-state index contributed by atoms with van der Waals surface area (Å²) < 4.78 is 17.7. The van der Waals surface area contributed by atoms with Gasteiger partial charge < -0.3 is 109 Å². The van der Waals surface area contributed by atoms with Crippen LogP contribution >= 0.6 is 0 Å². The Hall–Kier alpha value is -1.90. The Morgan fingerprint density at radius 2 is 1.32 bits per heavy atom. The van der Waals surface area contributed by atoms with Gasteiger partial charge in [-0.2, -0.15) is 0 Å². The quantitative estimate of drug-likeness (QED) is 0.0376. The topological polar surface area (TPSA) is 372 Å². The van der Waals surface area contributed by atoms with Gasteiger partial charge in [0.1, 0.15) is 30.5 Å². The number of hydrogen-bond donors (Lipinski definition) is 15. The monoisotopic (exact) mass is 1160 g/mol. The summed E-state index contributed by atoms with van der Waals surface area (Å²) in [7, 11) is 0. The van der Waals surface area contributed by atoms with Gasteiger partial charge >= 0.3 is 5.97 Å². The summed E-state index contributed by atoms with van der Waals surface area (Å²) >= 11 is 0. The van der Waals surface area contributed by atoms with Crippen LogP contribution in [0, 0.1) is 23.7 Å². The average molecular weight is 1160 g/mol. The number of cyclic esters (lactones) is 1. The number of allylic oxidation sites excluding steroid dienone is 1. The molecule has 21 heteroatoms. The van der Waals surface area contributed by atoms with Gasteiger partial charge in [0.15, 0.2) is 12.2 Å². The molecule has 16 unspecified atom stereocenters. The number of aliphatic imine (C=N–C) groups is 1. The Labute approximate surface area is 463 Å². The van der Waals surface area contributed by atoms with Crippen LogP contribution in [0.5, 0.6) is 0 Å². The van der Waals surface area contributed by atoms with E-state index in [9.17, 15) is 71.2 Å². The number of ether oxygens (including phenoxy) is 3. The summed E-state index contributed by atoms with van der Waals surface area (Å²) in [5, 5.41) is 141. The van der Waals surface area contributed by atoms with Gasteiger partial charge in [-0.3, -0.25) is 9.79 Å². The second-order valence-electron chi connectivity index (χ2n) is 22.2. The molecule has 0 spiro atoms. The minimum Gasteiger partial charge on any atom is -1.00 e. The SMILES string of the molecule is CCCCC1C(=O)OC(C(C)C(O)CCCN=C(N)N)C(C)/C=C(\C)CCCCC(O)CC(O)CC(O)CC(O)CC(O)C(O[C@H]2O[C@H](CO)[C@@H](O)[C@@H]2O)/C=C(\C)C(O)CCCC(O)CCCC(O)CCC(C)C1O.[Br-]. The summed E-state index contributed by atoms with van der Waals surface area (Å²) in [6.45, 7) is 10.9. The number of carbonyl (C=O) groups excluding carboxylic acids is 1. The highest BCUT2D eigenvalue weighted by Crippen LogP contribution is 2.32. The number of halogens is 1. The fourth-order valence-corrected chi connectivity index (χ4v) is 10.3. The number of carbonyl (C=O) groups is 1. The Bertz CT molecular complexity index is 1650. The molecule has 1 fully saturated rings. The molecule has 0 aliphatic carbocycles. The number of aliphatic hydroxyl groups is 13. The third kappa shape index (κ3) is 27.5. The third-order valence-electron chi connectivity index (χ3n) is 15.2. The molecule has 0 aromatic heterocycles. The van der Waals surface area contributed by atoms with E-state index < -0.39 is 122 Å². The summed E-state index contributed by atoms with van der Waals surface area (Å²) in [4.78, 5) is 18.2. The predicted octanol–water partition coefficient (Wildman–Crippen LogP) is -0.748. The second-order valence-corrected chi connectivity index (χ2v) is 22.2. The highest BCUT2D eigenvalue weighted by atomic mass is 79.9. The number of unbranched alkanes of at least 4 members (excludes halogenated alkanes) is 1. The zero-order valence-corrected chi connectivity index (χ0v) is 48.0. The Balaban J connectivity index is 0.0000289. The molecule has 1 saturated heterocycles. The molecule has 20 nitrogen and oxygen atoms in total. The molecule has 0 aromatic carbocycles. The van der Waals surface area contributed by atoms with Gasteiger partial charge in [-0.25, -0.2) is 0 Å². The van der Waals surface area contributed by atoms with Crippen molar-refractivity contribution in [2.45, 2.75) is 274 Å². The molecule has 0 aromatic rings. The summed E-state index contributed by atoms with van der Waals surface area (Å²) in [6, 6.07) is 0. The van der Waals surface area contributed by atoms with Gasteiger partial charge in [0.25, 0.3) is 0 Å². The molecule has 0 bridgehead atoms. The van der Waals surface area contributed by atoms with E-state index in [2.05, 4.69) is 4.99 Å². The van der Waals surface area contributed by atoms with Crippen molar-refractivity contribution in [2.24, 2.45) is 40.1 Å². The van der Waals surface area contributed by atoms with Crippen molar-refractivity contribution in [3.8, 4) is 0 Å². The molecular weight excluding hydrogens is 1050 g/mol. The second kappa shape index (κ2) is 38.7. The van der Waals surface area contributed by atoms with E-state index in [1.54, 1.807) is 6.92 Å². The predicted molar refractivity (Wildman–Crippen MR) is 284 cm³/mol. The van der Waals surface area contributed by atoms with Crippen LogP contribution < -0.4 is 28.4 Å². The zero-order chi connectivity index (χ0) is 56.4. The van der Waals surface area contributed by atoms with Crippen molar-refractivity contribution in [1.29, 1.82) is 0 Å². The fourth-order valence-electron chi connectivity index (χ4n) is 10.3. The smallest absolute Gasteiger partial charge is 0.311 e. The van der Waals surface area contributed by atoms with Crippen molar-refractivity contribution in [2.75, 3.05) is 13.2 Å². The molecule has 2 rings (SSSR count). The van der Waals surface area contributed by atoms with E-state index in [-0.39, 0.29) is 66.9 Å². The Kier molecular flexibility index (Phi) is 36.7. The first-order valence-electron chi connectivity index (χ1n) is 28.1. The van der Waals surface area contributed by atoms with Gasteiger partial charge in [-0.1, -0.05) is 64.7 Å². The first kappa shape index (κ1) is 72.1. The standard InChI is InChI=1S/C55H103N3O17.BrH/c1-7-8-19-43-49(69)33(3)22-23-38(61)17-11-16-37(60)18-12-20-44(66)34(4)26-47(73-54-51(71)50(70)48(31-59)74-54)46(68)30-42(65)29-41(64)28-40(63)27-39(62)15-10-9-14-32(2)25-35(5)52(75-53(43)72)36(6)45(67)21-13-24-58-55(56)57;/h25-26,33,35-52,54,59-71H,7-24,27-31H2,1-6H3,(H4,56,57,58);1H/p-1/b32-25+,34-26+;/t33?,35?,36?,37?,38?,39?,40?,41?,42?,43?,44?,45?,46?,47?,48-,49?,50-,51+,52?,54+;/m1./s1. The van der Waals surface area contributed by atoms with Crippen LogP contribution in [0.4, 0.5) is 0 Å². The van der Waals surface area contributed by atoms with E-state index in [4.69, 9.17) is 25.7 Å². The number of guanidine groups is 1. The van der Waals surface area contributed by atoms with E-state index in [0.717, 1.165) is 12.0 Å². The van der Waals surface area contributed by atoms with Crippen molar-refractivity contribution < 1.29 is 102 Å². The molecule has 0 amide bonds. The normalized spacial score (nSPS) is 38.2. The molecule has 0 saturated carbocycles. The largest absolute Gasteiger partial charge is 1.00 e. The van der Waals surface area contributed by atoms with Crippen LogP contribution in [-0.2, 0) is 19.0 Å². The van der Waals surface area contributed by atoms with Gasteiger partial charge in [-0.15, -0.1) is 0 Å². The van der Waals surface area contributed by atoms with Crippen molar-refractivity contribution in [3.63, 3.8) is 0 Å². The lowest BCUT2D eigenvalue weighted by molar-refractivity contribution is -0.202. The molecule has 76 heavy (non-hydrogen) atoms. The molecule has 2 heterocycles. The number of hydrogen-bond acceptors (Lipinski definition) is 18. The number of nitrogens with two attached hydrogens (primary N) is 2. The van der Waals surface area contributed by atoms with Crippen molar-refractivity contribution >= 4 is 11.9 Å². The van der Waals surface area contributed by atoms with Crippen LogP contribution in [0.2, 0.25) is 0 Å². The number of rotatable bonds is 12. The maximum Gasteiger partial charge on any atom is 0.311 e. The first-order valence-corrected chi connectivity index (χ1v) is 28.1. The average Bonchev–Trinajstić information content (AvgIpc) is 3.61. The molecule has 2 aliphatic heterocycles. The summed E-state index contributed by atoms with van der Waals surface area (Å²) in [6.07, 6.45) is -7.42. The number of nitrogens with zero attached hydrogens (tertiary/aromatic N) is 1. The Morgan fingerprint density at radius 3 is 1.91 bits per heavy atom. The molecule has 0 radical (unpaired) electrons. The van der Waals surface area contributed by atoms with E-state index >= 15 is 0 Å². The third-order valence-corrected chi connectivity index (χ3v) is 15.2. The maximum atomic E-state index is 14.2. The highest BCUT2D eigenvalue weighted by Gasteiger charge is 2.45. The fraction of sp³-hybridized carbons (Fsp3) is 0.891. The minimum atomic E-state index is -1.59. The number of esters is 1. The lowest BCUT2D eigenvalue weighted by atomic mass is 9.84. The van der Waals surface area contributed by atoms with Gasteiger partial charge in [0, 0.05) is 24.8 Å². The molecule has 17 N–H and O–H groups in total.